The Balaban J connectivity index is 2.36. The summed E-state index contributed by atoms with van der Waals surface area (Å²) in [7, 11) is 0. The highest BCUT2D eigenvalue weighted by Gasteiger charge is 2.17. The number of rotatable bonds is 4. The Bertz CT molecular complexity index is 201. The molecule has 0 aliphatic carbocycles. The van der Waals surface area contributed by atoms with Gasteiger partial charge in [0.2, 0.25) is 0 Å². The number of allylic oxidation sites excluding steroid dienone is 1. The molecule has 1 atom stereocenters. The lowest BCUT2D eigenvalue weighted by Gasteiger charge is -2.25. The first-order valence-corrected chi connectivity index (χ1v) is 6.34. The third kappa shape index (κ3) is 4.35. The molecule has 0 saturated carbocycles. The van der Waals surface area contributed by atoms with Gasteiger partial charge in [-0.05, 0) is 39.0 Å². The van der Waals surface area contributed by atoms with Crippen LogP contribution in [0.2, 0.25) is 0 Å². The van der Waals surface area contributed by atoms with Gasteiger partial charge in [-0.15, -0.1) is 0 Å². The highest BCUT2D eigenvalue weighted by molar-refractivity contribution is 5.02. The van der Waals surface area contributed by atoms with Crippen LogP contribution in [0.25, 0.3) is 0 Å². The first-order chi connectivity index (χ1) is 7.27. The van der Waals surface area contributed by atoms with Crippen molar-refractivity contribution in [1.29, 1.82) is 0 Å². The molecule has 1 rings (SSSR count). The predicted octanol–water partition coefficient (Wildman–Crippen LogP) is 2.93. The second kappa shape index (κ2) is 7.02. The molecule has 1 aliphatic rings. The summed E-state index contributed by atoms with van der Waals surface area (Å²) in [6, 6.07) is 0. The van der Waals surface area contributed by atoms with Crippen molar-refractivity contribution in [2.45, 2.75) is 58.6 Å². The van der Waals surface area contributed by atoms with Crippen LogP contribution in [0.5, 0.6) is 0 Å². The molecule has 2 heteroatoms. The van der Waals surface area contributed by atoms with E-state index < -0.39 is 0 Å². The van der Waals surface area contributed by atoms with Crippen molar-refractivity contribution in [3.8, 4) is 0 Å². The van der Waals surface area contributed by atoms with Crippen molar-refractivity contribution in [3.05, 3.63) is 11.6 Å². The zero-order valence-electron chi connectivity index (χ0n) is 10.2. The summed E-state index contributed by atoms with van der Waals surface area (Å²) in [6.07, 6.45) is 8.82. The van der Waals surface area contributed by atoms with E-state index in [2.05, 4.69) is 24.8 Å². The number of unbranched alkanes of at least 4 members (excludes halogenated alkanes) is 1. The summed E-state index contributed by atoms with van der Waals surface area (Å²) >= 11 is 0. The van der Waals surface area contributed by atoms with E-state index >= 15 is 0 Å². The van der Waals surface area contributed by atoms with Crippen LogP contribution in [0.15, 0.2) is 11.6 Å². The predicted molar refractivity (Wildman–Crippen MR) is 64.7 cm³/mol. The summed E-state index contributed by atoms with van der Waals surface area (Å²) in [4.78, 5) is 2.24. The standard InChI is InChI=1S/C13H25NO/c1-3-5-8-13(15)14-10-6-7-12(4-2)9-11-14/h4,13,15H,3,5-11H2,1-2H3/b12-4+. The van der Waals surface area contributed by atoms with E-state index in [1.807, 2.05) is 0 Å². The van der Waals surface area contributed by atoms with E-state index in [0.717, 1.165) is 32.4 Å². The Labute approximate surface area is 94.0 Å². The second-order valence-corrected chi connectivity index (χ2v) is 4.46. The van der Waals surface area contributed by atoms with E-state index in [1.165, 1.54) is 19.3 Å². The molecule has 2 nitrogen and oxygen atoms in total. The molecule has 0 spiro atoms. The van der Waals surface area contributed by atoms with Gasteiger partial charge in [-0.2, -0.15) is 0 Å². The minimum absolute atomic E-state index is 0.207. The number of aliphatic hydroxyl groups is 1. The van der Waals surface area contributed by atoms with Crippen LogP contribution in [0.1, 0.15) is 52.4 Å². The van der Waals surface area contributed by atoms with E-state index in [9.17, 15) is 5.11 Å². The molecule has 0 aromatic rings. The number of likely N-dealkylation sites (tertiary alicyclic amines) is 1. The van der Waals surface area contributed by atoms with Crippen molar-refractivity contribution >= 4 is 0 Å². The molecule has 1 unspecified atom stereocenters. The van der Waals surface area contributed by atoms with Crippen molar-refractivity contribution in [2.24, 2.45) is 0 Å². The third-order valence-electron chi connectivity index (χ3n) is 3.31. The smallest absolute Gasteiger partial charge is 0.107 e. The molecule has 1 aliphatic heterocycles. The quantitative estimate of drug-likeness (QED) is 0.723. The number of aliphatic hydroxyl groups excluding tert-OH is 1. The molecule has 15 heavy (non-hydrogen) atoms. The Morgan fingerprint density at radius 2 is 2.20 bits per heavy atom. The van der Waals surface area contributed by atoms with Crippen molar-refractivity contribution < 1.29 is 5.11 Å². The van der Waals surface area contributed by atoms with E-state index in [-0.39, 0.29) is 6.23 Å². The number of hydrogen-bond donors (Lipinski definition) is 1. The van der Waals surface area contributed by atoms with Crippen LogP contribution >= 0.6 is 0 Å². The summed E-state index contributed by atoms with van der Waals surface area (Å²) in [6.45, 7) is 6.39. The average molecular weight is 211 g/mol. The monoisotopic (exact) mass is 211 g/mol. The molecule has 0 bridgehead atoms. The van der Waals surface area contributed by atoms with Gasteiger partial charge >= 0.3 is 0 Å². The average Bonchev–Trinajstić information content (AvgIpc) is 2.50. The molecule has 0 aromatic carbocycles. The zero-order chi connectivity index (χ0) is 11.1. The van der Waals surface area contributed by atoms with Crippen LogP contribution in [0, 0.1) is 0 Å². The maximum atomic E-state index is 10.00. The molecular weight excluding hydrogens is 186 g/mol. The van der Waals surface area contributed by atoms with Crippen LogP contribution in [-0.2, 0) is 0 Å². The van der Waals surface area contributed by atoms with Gasteiger partial charge in [-0.3, -0.25) is 4.90 Å². The molecular formula is C13H25NO. The fourth-order valence-corrected chi connectivity index (χ4v) is 2.19. The minimum atomic E-state index is -0.207. The summed E-state index contributed by atoms with van der Waals surface area (Å²) in [5, 5.41) is 10.00. The fourth-order valence-electron chi connectivity index (χ4n) is 2.19. The van der Waals surface area contributed by atoms with Gasteiger partial charge in [0.25, 0.3) is 0 Å². The van der Waals surface area contributed by atoms with E-state index in [0.29, 0.717) is 0 Å². The van der Waals surface area contributed by atoms with Crippen molar-refractivity contribution in [3.63, 3.8) is 0 Å². The Kier molecular flexibility index (Phi) is 5.96. The lowest BCUT2D eigenvalue weighted by Crippen LogP contribution is -2.35. The van der Waals surface area contributed by atoms with Crippen LogP contribution in [0.4, 0.5) is 0 Å². The number of nitrogens with zero attached hydrogens (tertiary/aromatic N) is 1. The largest absolute Gasteiger partial charge is 0.378 e. The van der Waals surface area contributed by atoms with E-state index in [1.54, 1.807) is 5.57 Å². The molecule has 1 heterocycles. The summed E-state index contributed by atoms with van der Waals surface area (Å²) in [5.41, 5.74) is 1.56. The topological polar surface area (TPSA) is 23.5 Å². The first kappa shape index (κ1) is 12.7. The lowest BCUT2D eigenvalue weighted by atomic mass is 10.1. The summed E-state index contributed by atoms with van der Waals surface area (Å²) in [5.74, 6) is 0. The van der Waals surface area contributed by atoms with Gasteiger partial charge in [-0.1, -0.05) is 25.0 Å². The van der Waals surface area contributed by atoms with Crippen LogP contribution < -0.4 is 0 Å². The highest BCUT2D eigenvalue weighted by Crippen LogP contribution is 2.18. The molecule has 0 radical (unpaired) electrons. The maximum Gasteiger partial charge on any atom is 0.107 e. The Hall–Kier alpha value is -0.340. The molecule has 1 fully saturated rings. The van der Waals surface area contributed by atoms with Crippen molar-refractivity contribution in [2.75, 3.05) is 13.1 Å². The number of hydrogen-bond acceptors (Lipinski definition) is 2. The van der Waals surface area contributed by atoms with Gasteiger partial charge in [0, 0.05) is 13.1 Å². The highest BCUT2D eigenvalue weighted by atomic mass is 16.3. The Morgan fingerprint density at radius 3 is 2.87 bits per heavy atom. The van der Waals surface area contributed by atoms with Gasteiger partial charge in [0.15, 0.2) is 0 Å². The second-order valence-electron chi connectivity index (χ2n) is 4.46. The van der Waals surface area contributed by atoms with Crippen LogP contribution in [0.3, 0.4) is 0 Å². The van der Waals surface area contributed by atoms with Crippen molar-refractivity contribution in [1.82, 2.24) is 4.90 Å². The first-order valence-electron chi connectivity index (χ1n) is 6.34. The lowest BCUT2D eigenvalue weighted by molar-refractivity contribution is -0.00109. The summed E-state index contributed by atoms with van der Waals surface area (Å²) < 4.78 is 0. The van der Waals surface area contributed by atoms with E-state index in [4.69, 9.17) is 0 Å². The molecule has 1 saturated heterocycles. The normalized spacial score (nSPS) is 24.1. The third-order valence-corrected chi connectivity index (χ3v) is 3.31. The van der Waals surface area contributed by atoms with Crippen LogP contribution in [-0.4, -0.2) is 29.3 Å². The molecule has 0 aromatic heterocycles. The maximum absolute atomic E-state index is 10.00. The molecule has 1 N–H and O–H groups in total. The van der Waals surface area contributed by atoms with Gasteiger partial charge in [0.1, 0.15) is 6.23 Å². The molecule has 88 valence electrons. The molecule has 0 amide bonds. The minimum Gasteiger partial charge on any atom is -0.378 e. The Morgan fingerprint density at radius 1 is 1.40 bits per heavy atom. The van der Waals surface area contributed by atoms with Gasteiger partial charge < -0.3 is 5.11 Å². The van der Waals surface area contributed by atoms with Gasteiger partial charge in [0.05, 0.1) is 0 Å². The SMILES string of the molecule is C/C=C1\CCCN(C(O)CCCC)CC1. The van der Waals surface area contributed by atoms with Gasteiger partial charge in [-0.25, -0.2) is 0 Å². The fraction of sp³-hybridized carbons (Fsp3) is 0.846. The zero-order valence-corrected chi connectivity index (χ0v) is 10.2.